The number of aryl methyl sites for hydroxylation is 1. The minimum atomic E-state index is -3.58. The van der Waals surface area contributed by atoms with Crippen LogP contribution in [-0.4, -0.2) is 32.7 Å². The Labute approximate surface area is 159 Å². The molecule has 1 saturated carbocycles. The number of carbonyl (C=O) groups excluding carboxylic acids is 1. The predicted octanol–water partition coefficient (Wildman–Crippen LogP) is 3.57. The zero-order valence-corrected chi connectivity index (χ0v) is 16.5. The van der Waals surface area contributed by atoms with E-state index in [0.29, 0.717) is 16.3 Å². The van der Waals surface area contributed by atoms with Crippen molar-refractivity contribution in [2.24, 2.45) is 0 Å². The summed E-state index contributed by atoms with van der Waals surface area (Å²) in [6.45, 7) is 1.73. The molecule has 0 saturated heterocycles. The van der Waals surface area contributed by atoms with E-state index in [-0.39, 0.29) is 10.8 Å². The van der Waals surface area contributed by atoms with Gasteiger partial charge in [-0.3, -0.25) is 4.79 Å². The highest BCUT2D eigenvalue weighted by Gasteiger charge is 2.51. The maximum atomic E-state index is 12.9. The molecule has 0 radical (unpaired) electrons. The molecule has 0 aromatic heterocycles. The maximum absolute atomic E-state index is 12.9. The molecule has 2 aromatic rings. The Kier molecular flexibility index (Phi) is 4.86. The molecule has 26 heavy (non-hydrogen) atoms. The number of hydrogen-bond acceptors (Lipinski definition) is 3. The lowest BCUT2D eigenvalue weighted by atomic mass is 9.95. The summed E-state index contributed by atoms with van der Waals surface area (Å²) in [7, 11) is -0.604. The van der Waals surface area contributed by atoms with E-state index in [1.165, 1.54) is 20.2 Å². The van der Waals surface area contributed by atoms with Crippen LogP contribution in [-0.2, 0) is 20.2 Å². The second-order valence-corrected chi connectivity index (χ2v) is 9.37. The first-order chi connectivity index (χ1) is 12.2. The van der Waals surface area contributed by atoms with Gasteiger partial charge >= 0.3 is 0 Å². The quantitative estimate of drug-likeness (QED) is 0.845. The number of anilines is 1. The van der Waals surface area contributed by atoms with Gasteiger partial charge in [-0.2, -0.15) is 0 Å². The van der Waals surface area contributed by atoms with Crippen LogP contribution in [0.1, 0.15) is 24.0 Å². The van der Waals surface area contributed by atoms with Crippen LogP contribution in [0.2, 0.25) is 5.02 Å². The van der Waals surface area contributed by atoms with Crippen LogP contribution in [0.5, 0.6) is 0 Å². The van der Waals surface area contributed by atoms with Crippen molar-refractivity contribution in [3.05, 3.63) is 58.6 Å². The number of benzene rings is 2. The van der Waals surface area contributed by atoms with E-state index in [2.05, 4.69) is 5.32 Å². The fourth-order valence-corrected chi connectivity index (χ4v) is 4.21. The van der Waals surface area contributed by atoms with E-state index >= 15 is 0 Å². The van der Waals surface area contributed by atoms with Crippen molar-refractivity contribution in [2.75, 3.05) is 19.4 Å². The summed E-state index contributed by atoms with van der Waals surface area (Å²) in [4.78, 5) is 13.0. The van der Waals surface area contributed by atoms with Crippen molar-refractivity contribution in [3.63, 3.8) is 0 Å². The van der Waals surface area contributed by atoms with E-state index in [9.17, 15) is 13.2 Å². The smallest absolute Gasteiger partial charge is 0.242 e. The lowest BCUT2D eigenvalue weighted by molar-refractivity contribution is -0.118. The molecular formula is C19H21ClN2O3S. The van der Waals surface area contributed by atoms with Crippen molar-refractivity contribution in [1.29, 1.82) is 0 Å². The van der Waals surface area contributed by atoms with Gasteiger partial charge in [-0.05, 0) is 55.2 Å². The van der Waals surface area contributed by atoms with E-state index in [0.717, 1.165) is 22.7 Å². The molecule has 0 bridgehead atoms. The van der Waals surface area contributed by atoms with E-state index in [1.807, 2.05) is 12.1 Å². The molecule has 138 valence electrons. The number of hydrogen-bond donors (Lipinski definition) is 1. The van der Waals surface area contributed by atoms with Gasteiger partial charge in [0.15, 0.2) is 0 Å². The summed E-state index contributed by atoms with van der Waals surface area (Å²) >= 11 is 5.93. The predicted molar refractivity (Wildman–Crippen MR) is 103 cm³/mol. The average molecular weight is 393 g/mol. The number of amides is 1. The van der Waals surface area contributed by atoms with Crippen molar-refractivity contribution in [3.8, 4) is 0 Å². The van der Waals surface area contributed by atoms with Gasteiger partial charge in [0, 0.05) is 24.8 Å². The number of sulfonamides is 1. The van der Waals surface area contributed by atoms with Gasteiger partial charge in [0.25, 0.3) is 0 Å². The highest BCUT2D eigenvalue weighted by molar-refractivity contribution is 7.89. The van der Waals surface area contributed by atoms with E-state index < -0.39 is 15.4 Å². The van der Waals surface area contributed by atoms with Gasteiger partial charge < -0.3 is 5.32 Å². The lowest BCUT2D eigenvalue weighted by Crippen LogP contribution is -2.28. The maximum Gasteiger partial charge on any atom is 0.242 e. The monoisotopic (exact) mass is 392 g/mol. The fraction of sp³-hybridized carbons (Fsp3) is 0.316. The highest BCUT2D eigenvalue weighted by atomic mass is 35.5. The SMILES string of the molecule is Cc1ccc(NC(=O)C2(c3ccc(Cl)cc3)CC2)cc1S(=O)(=O)N(C)C. The first-order valence-corrected chi connectivity index (χ1v) is 10.1. The Morgan fingerprint density at radius 3 is 2.27 bits per heavy atom. The Balaban J connectivity index is 1.88. The van der Waals surface area contributed by atoms with Gasteiger partial charge in [-0.25, -0.2) is 12.7 Å². The van der Waals surface area contributed by atoms with Gasteiger partial charge in [0.1, 0.15) is 0 Å². The van der Waals surface area contributed by atoms with Crippen molar-refractivity contribution >= 4 is 33.2 Å². The molecule has 1 amide bonds. The summed E-state index contributed by atoms with van der Waals surface area (Å²) in [6, 6.07) is 12.2. The molecule has 3 rings (SSSR count). The van der Waals surface area contributed by atoms with Crippen LogP contribution in [0.25, 0.3) is 0 Å². The molecule has 2 aromatic carbocycles. The Hall–Kier alpha value is -1.89. The lowest BCUT2D eigenvalue weighted by Gasteiger charge is -2.18. The number of rotatable bonds is 5. The summed E-state index contributed by atoms with van der Waals surface area (Å²) in [5.74, 6) is -0.128. The molecule has 0 atom stereocenters. The minimum absolute atomic E-state index is 0.128. The van der Waals surface area contributed by atoms with Crippen LogP contribution >= 0.6 is 11.6 Å². The molecule has 0 aliphatic heterocycles. The second kappa shape index (κ2) is 6.68. The first-order valence-electron chi connectivity index (χ1n) is 8.27. The van der Waals surface area contributed by atoms with Crippen LogP contribution < -0.4 is 5.32 Å². The fourth-order valence-electron chi connectivity index (χ4n) is 2.94. The third kappa shape index (κ3) is 3.37. The highest BCUT2D eigenvalue weighted by Crippen LogP contribution is 2.49. The molecular weight excluding hydrogens is 372 g/mol. The summed E-state index contributed by atoms with van der Waals surface area (Å²) in [5, 5.41) is 3.51. The molecule has 7 heteroatoms. The third-order valence-electron chi connectivity index (χ3n) is 4.79. The summed E-state index contributed by atoms with van der Waals surface area (Å²) in [5.41, 5.74) is 1.47. The van der Waals surface area contributed by atoms with Crippen molar-refractivity contribution < 1.29 is 13.2 Å². The number of halogens is 1. The van der Waals surface area contributed by atoms with Gasteiger partial charge in [0.05, 0.1) is 10.3 Å². The molecule has 1 aliphatic rings. The molecule has 1 fully saturated rings. The molecule has 1 aliphatic carbocycles. The van der Waals surface area contributed by atoms with Gasteiger partial charge in [-0.15, -0.1) is 0 Å². The van der Waals surface area contributed by atoms with Gasteiger partial charge in [0.2, 0.25) is 15.9 Å². The number of carbonyl (C=O) groups is 1. The van der Waals surface area contributed by atoms with Crippen LogP contribution in [0, 0.1) is 6.92 Å². The standard InChI is InChI=1S/C19H21ClN2O3S/c1-13-4-9-16(12-17(13)26(24,25)22(2)3)21-18(23)19(10-11-19)14-5-7-15(20)8-6-14/h4-9,12H,10-11H2,1-3H3,(H,21,23). The Bertz CT molecular complexity index is 949. The molecule has 1 N–H and O–H groups in total. The second-order valence-electron chi connectivity index (χ2n) is 6.81. The third-order valence-corrected chi connectivity index (χ3v) is 7.00. The summed E-state index contributed by atoms with van der Waals surface area (Å²) < 4.78 is 26.1. The van der Waals surface area contributed by atoms with Crippen LogP contribution in [0.15, 0.2) is 47.4 Å². The first kappa shape index (κ1) is 18.9. The Morgan fingerprint density at radius 1 is 1.12 bits per heavy atom. The number of nitrogens with one attached hydrogen (secondary N) is 1. The van der Waals surface area contributed by atoms with Crippen molar-refractivity contribution in [2.45, 2.75) is 30.1 Å². The van der Waals surface area contributed by atoms with E-state index in [4.69, 9.17) is 11.6 Å². The molecule has 0 unspecified atom stereocenters. The Morgan fingerprint density at radius 2 is 1.73 bits per heavy atom. The zero-order chi connectivity index (χ0) is 19.1. The summed E-state index contributed by atoms with van der Waals surface area (Å²) in [6.07, 6.45) is 1.52. The molecule has 5 nitrogen and oxygen atoms in total. The van der Waals surface area contributed by atoms with Gasteiger partial charge in [-0.1, -0.05) is 29.8 Å². The number of nitrogens with zero attached hydrogens (tertiary/aromatic N) is 1. The average Bonchev–Trinajstić information content (AvgIpc) is 3.39. The van der Waals surface area contributed by atoms with Crippen molar-refractivity contribution in [1.82, 2.24) is 4.31 Å². The van der Waals surface area contributed by atoms with E-state index in [1.54, 1.807) is 31.2 Å². The molecule has 0 heterocycles. The van der Waals surface area contributed by atoms with Crippen LogP contribution in [0.4, 0.5) is 5.69 Å². The minimum Gasteiger partial charge on any atom is -0.325 e. The normalized spacial score (nSPS) is 15.7. The van der Waals surface area contributed by atoms with Crippen LogP contribution in [0.3, 0.4) is 0 Å². The zero-order valence-electron chi connectivity index (χ0n) is 14.9. The molecule has 0 spiro atoms. The largest absolute Gasteiger partial charge is 0.325 e. The topological polar surface area (TPSA) is 66.5 Å².